The fraction of sp³-hybridized carbons (Fsp3) is 0.680. The van der Waals surface area contributed by atoms with Crippen molar-refractivity contribution in [3.8, 4) is 0 Å². The van der Waals surface area contributed by atoms with E-state index in [2.05, 4.69) is 19.9 Å². The molecule has 0 aromatic carbocycles. The minimum Gasteiger partial charge on any atom is -0.455 e. The van der Waals surface area contributed by atoms with E-state index in [-0.39, 0.29) is 29.9 Å². The summed E-state index contributed by atoms with van der Waals surface area (Å²) in [5.74, 6) is -1.24. The van der Waals surface area contributed by atoms with Crippen LogP contribution >= 0.6 is 0 Å². The molecule has 6 nitrogen and oxygen atoms in total. The third-order valence-corrected chi connectivity index (χ3v) is 7.66. The lowest BCUT2D eigenvalue weighted by Gasteiger charge is -2.39. The van der Waals surface area contributed by atoms with Crippen LogP contribution in [0.5, 0.6) is 0 Å². The number of esters is 2. The van der Waals surface area contributed by atoms with Gasteiger partial charge in [0.05, 0.1) is 18.4 Å². The van der Waals surface area contributed by atoms with Crippen molar-refractivity contribution in [2.24, 2.45) is 17.8 Å². The monoisotopic (exact) mass is 430 g/mol. The molecule has 4 aliphatic rings. The van der Waals surface area contributed by atoms with Gasteiger partial charge in [-0.15, -0.1) is 0 Å². The Morgan fingerprint density at radius 1 is 1.19 bits per heavy atom. The SMILES string of the molecule is CO[C@]1(C)O[C@@H]2/C(C)=C\CC3=C(C(C)C)CC(=O)O[C@@]3(C)CC/C(C)=C3/OC(=O)[C@H]1[C@@H]32. The second-order valence-electron chi connectivity index (χ2n) is 10.0. The first-order valence-electron chi connectivity index (χ1n) is 11.3. The summed E-state index contributed by atoms with van der Waals surface area (Å²) in [4.78, 5) is 25.3. The number of hydrogen-bond donors (Lipinski definition) is 0. The Morgan fingerprint density at radius 3 is 2.55 bits per heavy atom. The summed E-state index contributed by atoms with van der Waals surface area (Å²) in [6.07, 6.45) is 4.21. The largest absolute Gasteiger partial charge is 0.455 e. The van der Waals surface area contributed by atoms with Gasteiger partial charge in [0.25, 0.3) is 0 Å². The van der Waals surface area contributed by atoms with Gasteiger partial charge in [0.15, 0.2) is 5.79 Å². The topological polar surface area (TPSA) is 71.1 Å². The highest BCUT2D eigenvalue weighted by Gasteiger charge is 2.63. The zero-order chi connectivity index (χ0) is 22.7. The number of carbonyl (C=O) groups is 2. The Labute approximate surface area is 184 Å². The second-order valence-corrected chi connectivity index (χ2v) is 10.0. The van der Waals surface area contributed by atoms with E-state index in [1.54, 1.807) is 7.11 Å². The maximum Gasteiger partial charge on any atom is 0.320 e. The van der Waals surface area contributed by atoms with Crippen LogP contribution in [0.3, 0.4) is 0 Å². The third-order valence-electron chi connectivity index (χ3n) is 7.66. The highest BCUT2D eigenvalue weighted by atomic mass is 16.7. The number of ether oxygens (including phenoxy) is 4. The van der Waals surface area contributed by atoms with Gasteiger partial charge < -0.3 is 18.9 Å². The first kappa shape index (κ1) is 22.3. The van der Waals surface area contributed by atoms with E-state index in [0.29, 0.717) is 31.4 Å². The van der Waals surface area contributed by atoms with Crippen molar-refractivity contribution in [1.82, 2.24) is 0 Å². The highest BCUT2D eigenvalue weighted by Crippen LogP contribution is 2.53. The molecule has 4 rings (SSSR count). The number of allylic oxidation sites excluding steroid dienone is 2. The number of hydrogen-bond acceptors (Lipinski definition) is 6. The predicted octanol–water partition coefficient (Wildman–Crippen LogP) is 4.60. The van der Waals surface area contributed by atoms with E-state index in [1.165, 1.54) is 11.1 Å². The zero-order valence-electron chi connectivity index (χ0n) is 19.7. The number of methoxy groups -OCH3 is 1. The van der Waals surface area contributed by atoms with Gasteiger partial charge in [-0.1, -0.05) is 25.5 Å². The van der Waals surface area contributed by atoms with Crippen LogP contribution in [0, 0.1) is 17.8 Å². The van der Waals surface area contributed by atoms with E-state index in [0.717, 1.165) is 11.1 Å². The predicted molar refractivity (Wildman–Crippen MR) is 115 cm³/mol. The molecule has 0 aromatic heterocycles. The maximum absolute atomic E-state index is 12.8. The molecule has 0 radical (unpaired) electrons. The lowest BCUT2D eigenvalue weighted by Crippen LogP contribution is -2.39. The van der Waals surface area contributed by atoms with Gasteiger partial charge in [-0.05, 0) is 69.6 Å². The Balaban J connectivity index is 1.85. The van der Waals surface area contributed by atoms with Gasteiger partial charge in [0.1, 0.15) is 17.3 Å². The molecule has 6 heteroatoms. The Hall–Kier alpha value is -1.92. The molecule has 2 fully saturated rings. The van der Waals surface area contributed by atoms with Crippen molar-refractivity contribution in [2.75, 3.05) is 7.11 Å². The van der Waals surface area contributed by atoms with Crippen LogP contribution in [0.15, 0.2) is 34.1 Å². The molecule has 0 aromatic rings. The maximum atomic E-state index is 12.8. The van der Waals surface area contributed by atoms with Gasteiger partial charge >= 0.3 is 11.9 Å². The van der Waals surface area contributed by atoms with Crippen LogP contribution in [0.4, 0.5) is 0 Å². The van der Waals surface area contributed by atoms with Gasteiger partial charge in [0, 0.05) is 7.11 Å². The Kier molecular flexibility index (Phi) is 5.46. The van der Waals surface area contributed by atoms with E-state index in [9.17, 15) is 9.59 Å². The molecule has 5 atom stereocenters. The van der Waals surface area contributed by atoms with Crippen molar-refractivity contribution in [2.45, 2.75) is 84.7 Å². The van der Waals surface area contributed by atoms with Gasteiger partial charge in [-0.25, -0.2) is 0 Å². The molecular weight excluding hydrogens is 396 g/mol. The molecule has 31 heavy (non-hydrogen) atoms. The lowest BCUT2D eigenvalue weighted by molar-refractivity contribution is -0.217. The fourth-order valence-electron chi connectivity index (χ4n) is 5.69. The Morgan fingerprint density at radius 2 is 1.90 bits per heavy atom. The average Bonchev–Trinajstić information content (AvgIpc) is 3.21. The summed E-state index contributed by atoms with van der Waals surface area (Å²) < 4.78 is 23.8. The molecule has 0 spiro atoms. The third kappa shape index (κ3) is 3.48. The van der Waals surface area contributed by atoms with Crippen molar-refractivity contribution in [3.05, 3.63) is 34.1 Å². The van der Waals surface area contributed by atoms with Gasteiger partial charge in [-0.3, -0.25) is 9.59 Å². The molecule has 170 valence electrons. The standard InChI is InChI=1S/C25H34O6/c1-13(2)16-12-18(26)30-24(5)11-10-15(4)21-19-20(23(27)29-21)25(6,28-7)31-22(19)14(3)8-9-17(16)24/h8,13,19-20,22H,9-12H2,1-7H3/b14-8-,21-15+/t19-,20+,22+,24-,25+/m0/s1. The number of carbonyl (C=O) groups excluding carboxylic acids is 2. The number of rotatable bonds is 2. The average molecular weight is 431 g/mol. The minimum atomic E-state index is -1.02. The van der Waals surface area contributed by atoms with Crippen LogP contribution in [-0.4, -0.2) is 36.5 Å². The summed E-state index contributed by atoms with van der Waals surface area (Å²) in [6.45, 7) is 12.1. The van der Waals surface area contributed by atoms with E-state index in [4.69, 9.17) is 18.9 Å². The van der Waals surface area contributed by atoms with Crippen LogP contribution in [0.2, 0.25) is 0 Å². The van der Waals surface area contributed by atoms with Gasteiger partial charge in [-0.2, -0.15) is 0 Å². The summed E-state index contributed by atoms with van der Waals surface area (Å²) in [6, 6.07) is 0. The summed E-state index contributed by atoms with van der Waals surface area (Å²) in [7, 11) is 1.57. The molecular formula is C25H34O6. The molecule has 3 aliphatic heterocycles. The first-order chi connectivity index (χ1) is 14.5. The molecule has 1 aliphatic carbocycles. The van der Waals surface area contributed by atoms with Crippen molar-refractivity contribution < 1.29 is 28.5 Å². The van der Waals surface area contributed by atoms with E-state index < -0.39 is 17.3 Å². The van der Waals surface area contributed by atoms with Gasteiger partial charge in [0.2, 0.25) is 0 Å². The molecule has 0 amide bonds. The molecule has 3 heterocycles. The smallest absolute Gasteiger partial charge is 0.320 e. The zero-order valence-corrected chi connectivity index (χ0v) is 19.7. The molecule has 0 bridgehead atoms. The summed E-state index contributed by atoms with van der Waals surface area (Å²) in [5.41, 5.74) is 3.73. The highest BCUT2D eigenvalue weighted by molar-refractivity contribution is 5.80. The Bertz CT molecular complexity index is 909. The second kappa shape index (κ2) is 7.59. The van der Waals surface area contributed by atoms with Crippen LogP contribution in [0.1, 0.15) is 67.2 Å². The summed E-state index contributed by atoms with van der Waals surface area (Å²) >= 11 is 0. The number of fused-ring (bicyclic) bond motifs is 1. The molecule has 2 saturated heterocycles. The van der Waals surface area contributed by atoms with Crippen LogP contribution in [0.25, 0.3) is 0 Å². The quantitative estimate of drug-likeness (QED) is 0.471. The molecule has 0 saturated carbocycles. The van der Waals surface area contributed by atoms with E-state index >= 15 is 0 Å². The summed E-state index contributed by atoms with van der Waals surface area (Å²) in [5, 5.41) is 0. The van der Waals surface area contributed by atoms with E-state index in [1.807, 2.05) is 27.7 Å². The van der Waals surface area contributed by atoms with Crippen molar-refractivity contribution in [3.63, 3.8) is 0 Å². The molecule has 0 N–H and O–H groups in total. The van der Waals surface area contributed by atoms with Crippen molar-refractivity contribution in [1.29, 1.82) is 0 Å². The minimum absolute atomic E-state index is 0.167. The fourth-order valence-corrected chi connectivity index (χ4v) is 5.69. The molecule has 0 unspecified atom stereocenters. The van der Waals surface area contributed by atoms with Crippen LogP contribution < -0.4 is 0 Å². The lowest BCUT2D eigenvalue weighted by atomic mass is 9.78. The normalized spacial score (nSPS) is 42.5. The van der Waals surface area contributed by atoms with Crippen molar-refractivity contribution >= 4 is 11.9 Å². The van der Waals surface area contributed by atoms with Crippen LogP contribution in [-0.2, 0) is 28.5 Å². The first-order valence-corrected chi connectivity index (χ1v) is 11.3.